The molecular formula is C16H17N3O. The number of nitriles is 1. The van der Waals surface area contributed by atoms with Gasteiger partial charge in [0.05, 0.1) is 25.3 Å². The maximum Gasteiger partial charge on any atom is 0.143 e. The highest BCUT2D eigenvalue weighted by Crippen LogP contribution is 2.31. The molecule has 0 fully saturated rings. The fraction of sp³-hybridized carbons (Fsp3) is 0.188. The van der Waals surface area contributed by atoms with Crippen molar-refractivity contribution in [1.82, 2.24) is 0 Å². The molecule has 0 unspecified atom stereocenters. The largest absolute Gasteiger partial charge is 0.495 e. The average molecular weight is 267 g/mol. The van der Waals surface area contributed by atoms with Crippen LogP contribution in [-0.4, -0.2) is 13.7 Å². The van der Waals surface area contributed by atoms with Crippen molar-refractivity contribution in [3.05, 3.63) is 48.5 Å². The van der Waals surface area contributed by atoms with Gasteiger partial charge < -0.3 is 15.4 Å². The Kier molecular flexibility index (Phi) is 4.46. The Morgan fingerprint density at radius 3 is 2.55 bits per heavy atom. The van der Waals surface area contributed by atoms with Crippen molar-refractivity contribution in [2.75, 3.05) is 24.3 Å². The van der Waals surface area contributed by atoms with E-state index < -0.39 is 0 Å². The Morgan fingerprint density at radius 1 is 1.15 bits per heavy atom. The van der Waals surface area contributed by atoms with Crippen LogP contribution in [0.25, 0.3) is 0 Å². The number of ether oxygens (including phenoxy) is 1. The summed E-state index contributed by atoms with van der Waals surface area (Å²) in [5.41, 5.74) is 8.44. The van der Waals surface area contributed by atoms with Gasteiger partial charge in [0.15, 0.2) is 0 Å². The maximum atomic E-state index is 8.83. The van der Waals surface area contributed by atoms with Crippen LogP contribution in [0.5, 0.6) is 5.75 Å². The molecule has 102 valence electrons. The van der Waals surface area contributed by atoms with Crippen molar-refractivity contribution >= 4 is 17.1 Å². The molecule has 0 saturated heterocycles. The van der Waals surface area contributed by atoms with Gasteiger partial charge in [0.2, 0.25) is 0 Å². The monoisotopic (exact) mass is 267 g/mol. The molecule has 0 amide bonds. The summed E-state index contributed by atoms with van der Waals surface area (Å²) in [6.07, 6.45) is 0.446. The highest BCUT2D eigenvalue weighted by Gasteiger charge is 2.11. The minimum atomic E-state index is 0.446. The van der Waals surface area contributed by atoms with Crippen molar-refractivity contribution in [3.8, 4) is 11.8 Å². The van der Waals surface area contributed by atoms with Crippen LogP contribution in [0, 0.1) is 11.3 Å². The Bertz CT molecular complexity index is 605. The summed E-state index contributed by atoms with van der Waals surface area (Å²) < 4.78 is 5.26. The summed E-state index contributed by atoms with van der Waals surface area (Å²) in [6.45, 7) is 0.619. The second-order valence-corrected chi connectivity index (χ2v) is 4.32. The van der Waals surface area contributed by atoms with E-state index in [9.17, 15) is 0 Å². The summed E-state index contributed by atoms with van der Waals surface area (Å²) in [5.74, 6) is 0.639. The molecular weight excluding hydrogens is 250 g/mol. The molecule has 0 aliphatic heterocycles. The second kappa shape index (κ2) is 6.48. The maximum absolute atomic E-state index is 8.83. The number of hydrogen-bond donors (Lipinski definition) is 1. The lowest BCUT2D eigenvalue weighted by Gasteiger charge is -2.24. The lowest BCUT2D eigenvalue weighted by Crippen LogP contribution is -2.18. The number of hydrogen-bond acceptors (Lipinski definition) is 4. The van der Waals surface area contributed by atoms with Gasteiger partial charge in [-0.1, -0.05) is 18.2 Å². The topological polar surface area (TPSA) is 62.3 Å². The smallest absolute Gasteiger partial charge is 0.143 e. The molecule has 0 saturated carbocycles. The Hall–Kier alpha value is -2.67. The fourth-order valence-corrected chi connectivity index (χ4v) is 2.04. The first-order valence-electron chi connectivity index (χ1n) is 6.39. The molecule has 0 spiro atoms. The van der Waals surface area contributed by atoms with Crippen LogP contribution in [0.2, 0.25) is 0 Å². The summed E-state index contributed by atoms with van der Waals surface area (Å²) in [7, 11) is 1.59. The van der Waals surface area contributed by atoms with E-state index in [1.807, 2.05) is 48.5 Å². The van der Waals surface area contributed by atoms with Crippen LogP contribution >= 0.6 is 0 Å². The van der Waals surface area contributed by atoms with E-state index in [2.05, 4.69) is 11.0 Å². The molecule has 0 aliphatic rings. The molecule has 20 heavy (non-hydrogen) atoms. The SMILES string of the molecule is COc1cc(N(CCC#N)c2ccccc2)ccc1N. The van der Waals surface area contributed by atoms with Crippen molar-refractivity contribution in [1.29, 1.82) is 5.26 Å². The number of nitrogens with zero attached hydrogens (tertiary/aromatic N) is 2. The van der Waals surface area contributed by atoms with Crippen molar-refractivity contribution in [2.45, 2.75) is 6.42 Å². The summed E-state index contributed by atoms with van der Waals surface area (Å²) >= 11 is 0. The summed E-state index contributed by atoms with van der Waals surface area (Å²) in [6, 6.07) is 17.8. The molecule has 2 aromatic carbocycles. The van der Waals surface area contributed by atoms with Gasteiger partial charge in [-0.05, 0) is 24.3 Å². The van der Waals surface area contributed by atoms with Crippen LogP contribution in [0.15, 0.2) is 48.5 Å². The zero-order valence-corrected chi connectivity index (χ0v) is 11.4. The van der Waals surface area contributed by atoms with E-state index >= 15 is 0 Å². The Labute approximate surface area is 119 Å². The fourth-order valence-electron chi connectivity index (χ4n) is 2.04. The Morgan fingerprint density at radius 2 is 1.90 bits per heavy atom. The van der Waals surface area contributed by atoms with Crippen LogP contribution in [0.3, 0.4) is 0 Å². The van der Waals surface area contributed by atoms with E-state index in [1.165, 1.54) is 0 Å². The van der Waals surface area contributed by atoms with Crippen LogP contribution in [0.4, 0.5) is 17.1 Å². The number of para-hydroxylation sites is 1. The standard InChI is InChI=1S/C16H17N3O/c1-20-16-12-14(8-9-15(16)18)19(11-5-10-17)13-6-3-2-4-7-13/h2-4,6-9,12H,5,11,18H2,1H3. The zero-order chi connectivity index (χ0) is 14.4. The predicted octanol–water partition coefficient (Wildman–Crippen LogP) is 3.33. The van der Waals surface area contributed by atoms with E-state index in [0.717, 1.165) is 11.4 Å². The molecule has 0 radical (unpaired) electrons. The van der Waals surface area contributed by atoms with Gasteiger partial charge in [0.25, 0.3) is 0 Å². The molecule has 2 N–H and O–H groups in total. The molecule has 0 atom stereocenters. The molecule has 0 bridgehead atoms. The third-order valence-electron chi connectivity index (χ3n) is 3.04. The molecule has 2 aromatic rings. The van der Waals surface area contributed by atoms with Gasteiger partial charge in [-0.3, -0.25) is 0 Å². The van der Waals surface area contributed by atoms with Crippen molar-refractivity contribution in [3.63, 3.8) is 0 Å². The van der Waals surface area contributed by atoms with Crippen LogP contribution < -0.4 is 15.4 Å². The number of benzene rings is 2. The minimum Gasteiger partial charge on any atom is -0.495 e. The number of methoxy groups -OCH3 is 1. The van der Waals surface area contributed by atoms with E-state index in [1.54, 1.807) is 7.11 Å². The first-order valence-corrected chi connectivity index (χ1v) is 6.39. The van der Waals surface area contributed by atoms with Gasteiger partial charge in [-0.2, -0.15) is 5.26 Å². The number of nitrogen functional groups attached to an aromatic ring is 1. The first kappa shape index (κ1) is 13.8. The van der Waals surface area contributed by atoms with Gasteiger partial charge in [0, 0.05) is 24.0 Å². The van der Waals surface area contributed by atoms with Crippen LogP contribution in [0.1, 0.15) is 6.42 Å². The summed E-state index contributed by atoms with van der Waals surface area (Å²) in [5, 5.41) is 8.83. The quantitative estimate of drug-likeness (QED) is 0.844. The molecule has 0 aromatic heterocycles. The number of anilines is 3. The molecule has 2 rings (SSSR count). The molecule has 4 nitrogen and oxygen atoms in total. The zero-order valence-electron chi connectivity index (χ0n) is 11.4. The van der Waals surface area contributed by atoms with E-state index in [-0.39, 0.29) is 0 Å². The minimum absolute atomic E-state index is 0.446. The molecule has 0 heterocycles. The van der Waals surface area contributed by atoms with Crippen LogP contribution in [-0.2, 0) is 0 Å². The number of rotatable bonds is 5. The lowest BCUT2D eigenvalue weighted by molar-refractivity contribution is 0.417. The normalized spacial score (nSPS) is 9.80. The van der Waals surface area contributed by atoms with Gasteiger partial charge in [0.1, 0.15) is 5.75 Å². The molecule has 4 heteroatoms. The lowest BCUT2D eigenvalue weighted by atomic mass is 10.2. The first-order chi connectivity index (χ1) is 9.76. The van der Waals surface area contributed by atoms with E-state index in [0.29, 0.717) is 24.4 Å². The second-order valence-electron chi connectivity index (χ2n) is 4.32. The third kappa shape index (κ3) is 3.01. The molecule has 0 aliphatic carbocycles. The summed E-state index contributed by atoms with van der Waals surface area (Å²) in [4.78, 5) is 2.07. The van der Waals surface area contributed by atoms with Crippen molar-refractivity contribution < 1.29 is 4.74 Å². The highest BCUT2D eigenvalue weighted by atomic mass is 16.5. The van der Waals surface area contributed by atoms with Crippen molar-refractivity contribution in [2.24, 2.45) is 0 Å². The third-order valence-corrected chi connectivity index (χ3v) is 3.04. The van der Waals surface area contributed by atoms with Gasteiger partial charge >= 0.3 is 0 Å². The van der Waals surface area contributed by atoms with Gasteiger partial charge in [-0.25, -0.2) is 0 Å². The average Bonchev–Trinajstić information content (AvgIpc) is 2.50. The Balaban J connectivity index is 2.39. The number of nitrogens with two attached hydrogens (primary N) is 1. The highest BCUT2D eigenvalue weighted by molar-refractivity contribution is 5.69. The van der Waals surface area contributed by atoms with Gasteiger partial charge in [-0.15, -0.1) is 0 Å². The predicted molar refractivity (Wildman–Crippen MR) is 81.1 cm³/mol. The van der Waals surface area contributed by atoms with E-state index in [4.69, 9.17) is 15.7 Å².